The van der Waals surface area contributed by atoms with Crippen LogP contribution in [0.2, 0.25) is 5.02 Å². The summed E-state index contributed by atoms with van der Waals surface area (Å²) in [6.45, 7) is 8.24. The molecule has 0 spiro atoms. The van der Waals surface area contributed by atoms with Crippen LogP contribution in [0.1, 0.15) is 21.7 Å². The lowest BCUT2D eigenvalue weighted by atomic mass is 10.2. The molecule has 0 N–H and O–H groups in total. The van der Waals surface area contributed by atoms with Gasteiger partial charge in [0, 0.05) is 23.5 Å². The highest BCUT2D eigenvalue weighted by atomic mass is 35.5. The van der Waals surface area contributed by atoms with E-state index in [1.54, 1.807) is 30.3 Å². The molecule has 2 aromatic heterocycles. The minimum Gasteiger partial charge on any atom is -0.345 e. The van der Waals surface area contributed by atoms with Gasteiger partial charge in [-0.2, -0.15) is 0 Å². The summed E-state index contributed by atoms with van der Waals surface area (Å²) in [6, 6.07) is 12.9. The highest BCUT2D eigenvalue weighted by molar-refractivity contribution is 7.99. The van der Waals surface area contributed by atoms with E-state index in [2.05, 4.69) is 11.6 Å². The summed E-state index contributed by atoms with van der Waals surface area (Å²) in [5.41, 5.74) is 3.05. The summed E-state index contributed by atoms with van der Waals surface area (Å²) in [6.07, 6.45) is 1.79. The number of nitrogens with zero attached hydrogens (tertiary/aromatic N) is 3. The van der Waals surface area contributed by atoms with Gasteiger partial charge in [-0.25, -0.2) is 9.37 Å². The van der Waals surface area contributed by atoms with Gasteiger partial charge in [-0.1, -0.05) is 41.6 Å². The average Bonchev–Trinajstić information content (AvgIpc) is 3.08. The quantitative estimate of drug-likeness (QED) is 0.146. The third kappa shape index (κ3) is 4.38. The zero-order chi connectivity index (χ0) is 23.7. The zero-order valence-corrected chi connectivity index (χ0v) is 19.7. The number of allylic oxidation sites excluding steroid dienone is 1. The molecule has 0 atom stereocenters. The standard InChI is InChI=1S/C25H21ClFN3O2S/c1-4-11-29-15(2)12-19(16(29)3)23(31)14-33-25-28-22-8-6-5-7-18(22)24(32)30(25)17-9-10-21(27)20(26)13-17/h4-10,12-13H,1,11,14H2,2-3H3. The molecule has 2 heterocycles. The first kappa shape index (κ1) is 23.0. The zero-order valence-electron chi connectivity index (χ0n) is 18.1. The molecular formula is C25H21ClFN3O2S. The molecule has 0 bridgehead atoms. The first-order valence-corrected chi connectivity index (χ1v) is 11.6. The molecule has 4 aromatic rings. The van der Waals surface area contributed by atoms with Gasteiger partial charge in [0.2, 0.25) is 0 Å². The Hall–Kier alpha value is -3.16. The second-order valence-corrected chi connectivity index (χ2v) is 8.90. The van der Waals surface area contributed by atoms with Crippen molar-refractivity contribution in [3.8, 4) is 5.69 Å². The van der Waals surface area contributed by atoms with E-state index in [1.165, 1.54) is 22.8 Å². The van der Waals surface area contributed by atoms with Crippen LogP contribution in [0, 0.1) is 19.7 Å². The molecule has 4 rings (SSSR count). The predicted octanol–water partition coefficient (Wildman–Crippen LogP) is 5.76. The summed E-state index contributed by atoms with van der Waals surface area (Å²) in [4.78, 5) is 31.0. The van der Waals surface area contributed by atoms with Gasteiger partial charge in [0.25, 0.3) is 5.56 Å². The van der Waals surface area contributed by atoms with E-state index in [-0.39, 0.29) is 22.1 Å². The molecule has 0 unspecified atom stereocenters. The number of ketones is 1. The van der Waals surface area contributed by atoms with Crippen LogP contribution in [-0.2, 0) is 6.54 Å². The summed E-state index contributed by atoms with van der Waals surface area (Å²) < 4.78 is 17.1. The summed E-state index contributed by atoms with van der Waals surface area (Å²) >= 11 is 7.13. The predicted molar refractivity (Wildman–Crippen MR) is 131 cm³/mol. The number of Topliss-reactive ketones (excluding diaryl/α,β-unsaturated/α-hetero) is 1. The fourth-order valence-electron chi connectivity index (χ4n) is 3.76. The number of aromatic nitrogens is 3. The number of thioether (sulfide) groups is 1. The Morgan fingerprint density at radius 3 is 2.70 bits per heavy atom. The Bertz CT molecular complexity index is 1460. The summed E-state index contributed by atoms with van der Waals surface area (Å²) in [5, 5.41) is 0.644. The monoisotopic (exact) mass is 481 g/mol. The smallest absolute Gasteiger partial charge is 0.266 e. The summed E-state index contributed by atoms with van der Waals surface area (Å²) in [5.74, 6) is -0.575. The van der Waals surface area contributed by atoms with Crippen molar-refractivity contribution in [3.63, 3.8) is 0 Å². The van der Waals surface area contributed by atoms with E-state index in [0.29, 0.717) is 33.9 Å². The van der Waals surface area contributed by atoms with Crippen molar-refractivity contribution in [1.29, 1.82) is 0 Å². The highest BCUT2D eigenvalue weighted by Gasteiger charge is 2.19. The van der Waals surface area contributed by atoms with Crippen LogP contribution in [0.25, 0.3) is 16.6 Å². The van der Waals surface area contributed by atoms with Crippen molar-refractivity contribution in [3.05, 3.63) is 99.3 Å². The Kier molecular flexibility index (Phi) is 6.54. The van der Waals surface area contributed by atoms with E-state index in [9.17, 15) is 14.0 Å². The van der Waals surface area contributed by atoms with Crippen LogP contribution < -0.4 is 5.56 Å². The molecule has 33 heavy (non-hydrogen) atoms. The van der Waals surface area contributed by atoms with Crippen LogP contribution in [-0.4, -0.2) is 25.7 Å². The minimum atomic E-state index is -0.582. The van der Waals surface area contributed by atoms with Gasteiger partial charge in [-0.15, -0.1) is 6.58 Å². The molecule has 5 nitrogen and oxygen atoms in total. The SMILES string of the molecule is C=CCn1c(C)cc(C(=O)CSc2nc3ccccc3c(=O)n2-c2ccc(F)c(Cl)c2)c1C. The average molecular weight is 482 g/mol. The molecule has 0 aliphatic heterocycles. The van der Waals surface area contributed by atoms with Gasteiger partial charge in [0.15, 0.2) is 10.9 Å². The second-order valence-electron chi connectivity index (χ2n) is 7.55. The van der Waals surface area contributed by atoms with E-state index < -0.39 is 5.82 Å². The molecule has 8 heteroatoms. The minimum absolute atomic E-state index is 0.0745. The molecule has 2 aromatic carbocycles. The number of fused-ring (bicyclic) bond motifs is 1. The van der Waals surface area contributed by atoms with Crippen molar-refractivity contribution in [1.82, 2.24) is 14.1 Å². The van der Waals surface area contributed by atoms with Crippen LogP contribution in [0.4, 0.5) is 4.39 Å². The van der Waals surface area contributed by atoms with Gasteiger partial charge in [-0.05, 0) is 50.2 Å². The highest BCUT2D eigenvalue weighted by Crippen LogP contribution is 2.26. The van der Waals surface area contributed by atoms with Gasteiger partial charge in [0.05, 0.1) is 27.4 Å². The maximum Gasteiger partial charge on any atom is 0.266 e. The van der Waals surface area contributed by atoms with Gasteiger partial charge in [0.1, 0.15) is 5.82 Å². The number of halogens is 2. The molecular weight excluding hydrogens is 461 g/mol. The Morgan fingerprint density at radius 2 is 1.97 bits per heavy atom. The van der Waals surface area contributed by atoms with Crippen LogP contribution in [0.15, 0.2) is 71.1 Å². The molecule has 0 saturated heterocycles. The van der Waals surface area contributed by atoms with E-state index >= 15 is 0 Å². The number of hydrogen-bond donors (Lipinski definition) is 0. The fraction of sp³-hybridized carbons (Fsp3) is 0.160. The van der Waals surface area contributed by atoms with Gasteiger partial charge < -0.3 is 4.57 Å². The topological polar surface area (TPSA) is 56.9 Å². The van der Waals surface area contributed by atoms with Crippen molar-refractivity contribution < 1.29 is 9.18 Å². The third-order valence-electron chi connectivity index (χ3n) is 5.42. The van der Waals surface area contributed by atoms with Gasteiger partial charge >= 0.3 is 0 Å². The molecule has 0 radical (unpaired) electrons. The normalized spacial score (nSPS) is 11.2. The molecule has 0 fully saturated rings. The molecule has 0 aliphatic rings. The first-order valence-electron chi connectivity index (χ1n) is 10.2. The number of rotatable bonds is 7. The number of carbonyl (C=O) groups excluding carboxylic acids is 1. The van der Waals surface area contributed by atoms with Gasteiger partial charge in [-0.3, -0.25) is 14.2 Å². The Morgan fingerprint density at radius 1 is 1.21 bits per heavy atom. The first-order chi connectivity index (χ1) is 15.8. The maximum absolute atomic E-state index is 13.7. The second kappa shape index (κ2) is 9.37. The Balaban J connectivity index is 1.75. The Labute approximate surface area is 199 Å². The lowest BCUT2D eigenvalue weighted by Gasteiger charge is -2.13. The largest absolute Gasteiger partial charge is 0.345 e. The number of aryl methyl sites for hydroxylation is 1. The molecule has 168 valence electrons. The van der Waals surface area contributed by atoms with Crippen molar-refractivity contribution in [2.45, 2.75) is 25.5 Å². The molecule has 0 amide bonds. The van der Waals surface area contributed by atoms with E-state index in [1.807, 2.05) is 24.5 Å². The van der Waals surface area contributed by atoms with E-state index in [4.69, 9.17) is 11.6 Å². The molecule has 0 aliphatic carbocycles. The molecule has 0 saturated carbocycles. The van der Waals surface area contributed by atoms with Crippen molar-refractivity contribution in [2.24, 2.45) is 0 Å². The lowest BCUT2D eigenvalue weighted by Crippen LogP contribution is -2.22. The lowest BCUT2D eigenvalue weighted by molar-refractivity contribution is 0.102. The van der Waals surface area contributed by atoms with E-state index in [0.717, 1.165) is 23.1 Å². The maximum atomic E-state index is 13.7. The van der Waals surface area contributed by atoms with Crippen molar-refractivity contribution in [2.75, 3.05) is 5.75 Å². The number of para-hydroxylation sites is 1. The third-order valence-corrected chi connectivity index (χ3v) is 6.65. The van der Waals surface area contributed by atoms with Crippen molar-refractivity contribution >= 4 is 40.0 Å². The summed E-state index contributed by atoms with van der Waals surface area (Å²) in [7, 11) is 0. The van der Waals surface area contributed by atoms with Crippen LogP contribution in [0.3, 0.4) is 0 Å². The fourth-order valence-corrected chi connectivity index (χ4v) is 4.83. The van der Waals surface area contributed by atoms with Crippen LogP contribution >= 0.6 is 23.4 Å². The number of hydrogen-bond acceptors (Lipinski definition) is 4. The van der Waals surface area contributed by atoms with Crippen LogP contribution in [0.5, 0.6) is 0 Å². The number of benzene rings is 2. The number of carbonyl (C=O) groups is 1.